The van der Waals surface area contributed by atoms with Gasteiger partial charge in [0.05, 0.1) is 0 Å². The third-order valence-electron chi connectivity index (χ3n) is 2.64. The number of allylic oxidation sites excluding steroid dienone is 1. The van der Waals surface area contributed by atoms with Crippen molar-refractivity contribution in [3.63, 3.8) is 0 Å². The first-order valence-corrected chi connectivity index (χ1v) is 7.46. The molecule has 0 aliphatic carbocycles. The van der Waals surface area contributed by atoms with Gasteiger partial charge in [0, 0.05) is 15.0 Å². The SMILES string of the molecule is C=C(C)CCC(NCC)c1cc(Br)ccc1Br. The highest BCUT2D eigenvalue weighted by Crippen LogP contribution is 2.30. The van der Waals surface area contributed by atoms with Crippen LogP contribution in [-0.4, -0.2) is 6.54 Å². The van der Waals surface area contributed by atoms with Gasteiger partial charge in [-0.05, 0) is 50.1 Å². The highest BCUT2D eigenvalue weighted by atomic mass is 79.9. The molecule has 17 heavy (non-hydrogen) atoms. The Kier molecular flexibility index (Phi) is 6.45. The Bertz CT molecular complexity index is 388. The summed E-state index contributed by atoms with van der Waals surface area (Å²) in [7, 11) is 0. The zero-order valence-electron chi connectivity index (χ0n) is 10.4. The van der Waals surface area contributed by atoms with E-state index in [1.54, 1.807) is 0 Å². The average Bonchev–Trinajstić information content (AvgIpc) is 2.27. The summed E-state index contributed by atoms with van der Waals surface area (Å²) in [5.41, 5.74) is 2.54. The van der Waals surface area contributed by atoms with Crippen LogP contribution in [0.2, 0.25) is 0 Å². The highest BCUT2D eigenvalue weighted by Gasteiger charge is 2.13. The summed E-state index contributed by atoms with van der Waals surface area (Å²) in [5.74, 6) is 0. The van der Waals surface area contributed by atoms with E-state index in [1.165, 1.54) is 11.1 Å². The van der Waals surface area contributed by atoms with Gasteiger partial charge in [-0.1, -0.05) is 44.4 Å². The van der Waals surface area contributed by atoms with Crippen molar-refractivity contribution >= 4 is 31.9 Å². The van der Waals surface area contributed by atoms with Crippen molar-refractivity contribution in [1.82, 2.24) is 5.32 Å². The maximum atomic E-state index is 3.97. The van der Waals surface area contributed by atoms with Crippen LogP contribution in [0.25, 0.3) is 0 Å². The number of hydrogen-bond acceptors (Lipinski definition) is 1. The number of rotatable bonds is 6. The van der Waals surface area contributed by atoms with E-state index < -0.39 is 0 Å². The molecular formula is C14H19Br2N. The summed E-state index contributed by atoms with van der Waals surface area (Å²) in [6.45, 7) is 9.16. The number of benzene rings is 1. The van der Waals surface area contributed by atoms with Crippen molar-refractivity contribution in [1.29, 1.82) is 0 Å². The highest BCUT2D eigenvalue weighted by molar-refractivity contribution is 9.11. The van der Waals surface area contributed by atoms with E-state index in [0.717, 1.165) is 28.3 Å². The molecule has 0 bridgehead atoms. The molecule has 0 aliphatic heterocycles. The predicted octanol–water partition coefficient (Wildman–Crippen LogP) is 5.22. The van der Waals surface area contributed by atoms with E-state index in [0.29, 0.717) is 6.04 Å². The van der Waals surface area contributed by atoms with Gasteiger partial charge in [0.15, 0.2) is 0 Å². The molecule has 1 unspecified atom stereocenters. The van der Waals surface area contributed by atoms with Crippen molar-refractivity contribution in [3.8, 4) is 0 Å². The zero-order chi connectivity index (χ0) is 12.8. The molecule has 0 fully saturated rings. The van der Waals surface area contributed by atoms with Crippen molar-refractivity contribution in [2.75, 3.05) is 6.54 Å². The van der Waals surface area contributed by atoms with E-state index in [1.807, 2.05) is 0 Å². The molecule has 1 atom stereocenters. The normalized spacial score (nSPS) is 12.5. The molecule has 0 saturated heterocycles. The summed E-state index contributed by atoms with van der Waals surface area (Å²) in [6, 6.07) is 6.69. The third-order valence-corrected chi connectivity index (χ3v) is 3.86. The van der Waals surface area contributed by atoms with Gasteiger partial charge in [-0.2, -0.15) is 0 Å². The Balaban J connectivity index is 2.87. The minimum atomic E-state index is 0.378. The van der Waals surface area contributed by atoms with E-state index in [9.17, 15) is 0 Å². The molecule has 0 radical (unpaired) electrons. The topological polar surface area (TPSA) is 12.0 Å². The van der Waals surface area contributed by atoms with Crippen molar-refractivity contribution in [3.05, 3.63) is 44.9 Å². The minimum absolute atomic E-state index is 0.378. The van der Waals surface area contributed by atoms with Crippen LogP contribution in [-0.2, 0) is 0 Å². The van der Waals surface area contributed by atoms with Gasteiger partial charge in [0.2, 0.25) is 0 Å². The van der Waals surface area contributed by atoms with E-state index in [-0.39, 0.29) is 0 Å². The Hall–Kier alpha value is -0.120. The molecule has 3 heteroatoms. The summed E-state index contributed by atoms with van der Waals surface area (Å²) in [4.78, 5) is 0. The molecule has 1 aromatic rings. The molecule has 94 valence electrons. The fourth-order valence-electron chi connectivity index (χ4n) is 1.79. The van der Waals surface area contributed by atoms with Crippen LogP contribution >= 0.6 is 31.9 Å². The first-order chi connectivity index (χ1) is 8.04. The van der Waals surface area contributed by atoms with Crippen LogP contribution in [0.15, 0.2) is 39.3 Å². The molecule has 0 saturated carbocycles. The second-order valence-corrected chi connectivity index (χ2v) is 6.04. The van der Waals surface area contributed by atoms with Crippen molar-refractivity contribution in [2.24, 2.45) is 0 Å². The van der Waals surface area contributed by atoms with Gasteiger partial charge >= 0.3 is 0 Å². The van der Waals surface area contributed by atoms with Crippen LogP contribution in [0, 0.1) is 0 Å². The van der Waals surface area contributed by atoms with Gasteiger partial charge in [-0.25, -0.2) is 0 Å². The zero-order valence-corrected chi connectivity index (χ0v) is 13.6. The molecule has 1 nitrogen and oxygen atoms in total. The molecule has 1 aromatic carbocycles. The van der Waals surface area contributed by atoms with Crippen LogP contribution in [0.4, 0.5) is 0 Å². The molecule has 0 aliphatic rings. The Morgan fingerprint density at radius 3 is 2.71 bits per heavy atom. The summed E-state index contributed by atoms with van der Waals surface area (Å²) < 4.78 is 2.28. The summed E-state index contributed by atoms with van der Waals surface area (Å²) >= 11 is 7.15. The van der Waals surface area contributed by atoms with Gasteiger partial charge in [0.1, 0.15) is 0 Å². The van der Waals surface area contributed by atoms with Gasteiger partial charge < -0.3 is 5.32 Å². The maximum Gasteiger partial charge on any atom is 0.0334 e. The largest absolute Gasteiger partial charge is 0.310 e. The second-order valence-electron chi connectivity index (χ2n) is 4.27. The van der Waals surface area contributed by atoms with E-state index in [2.05, 4.69) is 75.8 Å². The van der Waals surface area contributed by atoms with E-state index >= 15 is 0 Å². The van der Waals surface area contributed by atoms with Gasteiger partial charge in [-0.15, -0.1) is 6.58 Å². The van der Waals surface area contributed by atoms with Crippen molar-refractivity contribution in [2.45, 2.75) is 32.7 Å². The summed E-state index contributed by atoms with van der Waals surface area (Å²) in [5, 5.41) is 3.53. The third kappa shape index (κ3) is 4.94. The Labute approximate surface area is 121 Å². The number of halogens is 2. The lowest BCUT2D eigenvalue weighted by Crippen LogP contribution is -2.21. The minimum Gasteiger partial charge on any atom is -0.310 e. The molecular weight excluding hydrogens is 342 g/mol. The quantitative estimate of drug-likeness (QED) is 0.686. The van der Waals surface area contributed by atoms with Gasteiger partial charge in [0.25, 0.3) is 0 Å². The average molecular weight is 361 g/mol. The van der Waals surface area contributed by atoms with Crippen LogP contribution in [0.5, 0.6) is 0 Å². The first kappa shape index (κ1) is 14.9. The lowest BCUT2D eigenvalue weighted by molar-refractivity contribution is 0.513. The monoisotopic (exact) mass is 359 g/mol. The summed E-state index contributed by atoms with van der Waals surface area (Å²) in [6.07, 6.45) is 2.13. The molecule has 1 rings (SSSR count). The van der Waals surface area contributed by atoms with Crippen LogP contribution in [0.1, 0.15) is 38.3 Å². The van der Waals surface area contributed by atoms with Crippen LogP contribution in [0.3, 0.4) is 0 Å². The van der Waals surface area contributed by atoms with Gasteiger partial charge in [-0.3, -0.25) is 0 Å². The first-order valence-electron chi connectivity index (χ1n) is 5.87. The lowest BCUT2D eigenvalue weighted by atomic mass is 10.00. The fraction of sp³-hybridized carbons (Fsp3) is 0.429. The van der Waals surface area contributed by atoms with E-state index in [4.69, 9.17) is 0 Å². The fourth-order valence-corrected chi connectivity index (χ4v) is 2.69. The second kappa shape index (κ2) is 7.34. The number of hydrogen-bond donors (Lipinski definition) is 1. The Morgan fingerprint density at radius 1 is 1.41 bits per heavy atom. The standard InChI is InChI=1S/C14H19Br2N/c1-4-17-14(8-5-10(2)3)12-9-11(15)6-7-13(12)16/h6-7,9,14,17H,2,4-5,8H2,1,3H3. The lowest BCUT2D eigenvalue weighted by Gasteiger charge is -2.20. The predicted molar refractivity (Wildman–Crippen MR) is 82.3 cm³/mol. The number of nitrogens with one attached hydrogen (secondary N) is 1. The molecule has 0 spiro atoms. The molecule has 0 aromatic heterocycles. The Morgan fingerprint density at radius 2 is 2.12 bits per heavy atom. The smallest absolute Gasteiger partial charge is 0.0334 e. The molecule has 1 N–H and O–H groups in total. The molecule has 0 heterocycles. The maximum absolute atomic E-state index is 3.97. The van der Waals surface area contributed by atoms with Crippen LogP contribution < -0.4 is 5.32 Å². The van der Waals surface area contributed by atoms with Crippen molar-refractivity contribution < 1.29 is 0 Å². The molecule has 0 amide bonds.